The van der Waals surface area contributed by atoms with Gasteiger partial charge >= 0.3 is 0 Å². The van der Waals surface area contributed by atoms with Crippen LogP contribution in [0.15, 0.2) is 54.6 Å². The molecule has 3 N–H and O–H groups in total. The summed E-state index contributed by atoms with van der Waals surface area (Å²) in [6, 6.07) is 17.7. The SMILES string of the molecule is CCNC(=O)c1c(C)nc(N)nc1-c1ccccc1OCCc1ccccc1. The van der Waals surface area contributed by atoms with Gasteiger partial charge in [-0.2, -0.15) is 0 Å². The second-order valence-corrected chi connectivity index (χ2v) is 6.33. The van der Waals surface area contributed by atoms with Crippen molar-refractivity contribution in [3.63, 3.8) is 0 Å². The normalized spacial score (nSPS) is 10.5. The fourth-order valence-electron chi connectivity index (χ4n) is 3.02. The molecule has 0 unspecified atom stereocenters. The summed E-state index contributed by atoms with van der Waals surface area (Å²) in [6.07, 6.45) is 0.781. The molecule has 1 aromatic heterocycles. The highest BCUT2D eigenvalue weighted by atomic mass is 16.5. The Labute approximate surface area is 164 Å². The standard InChI is InChI=1S/C22H24N4O2/c1-3-24-21(27)19-15(2)25-22(23)26-20(19)17-11-7-8-12-18(17)28-14-13-16-9-5-4-6-10-16/h4-12H,3,13-14H2,1-2H3,(H,24,27)(H2,23,25,26). The van der Waals surface area contributed by atoms with Gasteiger partial charge in [0.1, 0.15) is 5.75 Å². The van der Waals surface area contributed by atoms with Crippen LogP contribution in [0.25, 0.3) is 11.3 Å². The quantitative estimate of drug-likeness (QED) is 0.659. The third kappa shape index (κ3) is 4.46. The van der Waals surface area contributed by atoms with Crippen LogP contribution in [0.5, 0.6) is 5.75 Å². The van der Waals surface area contributed by atoms with Crippen LogP contribution in [0, 0.1) is 6.92 Å². The second-order valence-electron chi connectivity index (χ2n) is 6.33. The lowest BCUT2D eigenvalue weighted by atomic mass is 10.0. The van der Waals surface area contributed by atoms with Gasteiger partial charge in [-0.25, -0.2) is 9.97 Å². The molecule has 0 spiro atoms. The average molecular weight is 376 g/mol. The molecule has 0 aliphatic carbocycles. The highest BCUT2D eigenvalue weighted by molar-refractivity contribution is 6.01. The summed E-state index contributed by atoms with van der Waals surface area (Å²) >= 11 is 0. The molecule has 0 saturated carbocycles. The van der Waals surface area contributed by atoms with Gasteiger partial charge in [0, 0.05) is 18.5 Å². The maximum atomic E-state index is 12.6. The van der Waals surface area contributed by atoms with Crippen molar-refractivity contribution in [1.29, 1.82) is 0 Å². The average Bonchev–Trinajstić information content (AvgIpc) is 2.69. The van der Waals surface area contributed by atoms with Gasteiger partial charge in [0.2, 0.25) is 5.95 Å². The number of ether oxygens (including phenoxy) is 1. The number of para-hydroxylation sites is 1. The number of carbonyl (C=O) groups is 1. The van der Waals surface area contributed by atoms with Gasteiger partial charge in [-0.3, -0.25) is 4.79 Å². The van der Waals surface area contributed by atoms with Gasteiger partial charge < -0.3 is 15.8 Å². The summed E-state index contributed by atoms with van der Waals surface area (Å²) in [5.41, 5.74) is 9.21. The topological polar surface area (TPSA) is 90.1 Å². The monoisotopic (exact) mass is 376 g/mol. The molecule has 0 bridgehead atoms. The van der Waals surface area contributed by atoms with E-state index in [0.717, 1.165) is 6.42 Å². The number of benzene rings is 2. The lowest BCUT2D eigenvalue weighted by Gasteiger charge is -2.15. The Morgan fingerprint density at radius 1 is 1.07 bits per heavy atom. The second kappa shape index (κ2) is 8.99. The molecule has 6 heteroatoms. The smallest absolute Gasteiger partial charge is 0.255 e. The van der Waals surface area contributed by atoms with E-state index in [1.54, 1.807) is 6.92 Å². The Morgan fingerprint density at radius 2 is 1.79 bits per heavy atom. The third-order valence-electron chi connectivity index (χ3n) is 4.30. The maximum absolute atomic E-state index is 12.6. The molecule has 3 rings (SSSR count). The Morgan fingerprint density at radius 3 is 2.54 bits per heavy atom. The van der Waals surface area contributed by atoms with Crippen molar-refractivity contribution < 1.29 is 9.53 Å². The number of hydrogen-bond acceptors (Lipinski definition) is 5. The van der Waals surface area contributed by atoms with E-state index in [1.165, 1.54) is 5.56 Å². The maximum Gasteiger partial charge on any atom is 0.255 e. The van der Waals surface area contributed by atoms with Gasteiger partial charge in [0.15, 0.2) is 0 Å². The number of nitrogens with zero attached hydrogens (tertiary/aromatic N) is 2. The molecule has 2 aromatic carbocycles. The number of nitrogens with two attached hydrogens (primary N) is 1. The van der Waals surface area contributed by atoms with Crippen molar-refractivity contribution >= 4 is 11.9 Å². The molecule has 3 aromatic rings. The third-order valence-corrected chi connectivity index (χ3v) is 4.30. The minimum Gasteiger partial charge on any atom is -0.493 e. The highest BCUT2D eigenvalue weighted by Crippen LogP contribution is 2.32. The van der Waals surface area contributed by atoms with Crippen molar-refractivity contribution in [2.24, 2.45) is 0 Å². The van der Waals surface area contributed by atoms with Gasteiger partial charge in [-0.15, -0.1) is 0 Å². The fourth-order valence-corrected chi connectivity index (χ4v) is 3.02. The zero-order chi connectivity index (χ0) is 19.9. The largest absolute Gasteiger partial charge is 0.493 e. The van der Waals surface area contributed by atoms with Crippen LogP contribution in [0.3, 0.4) is 0 Å². The number of aromatic nitrogens is 2. The Kier molecular flexibility index (Phi) is 6.22. The summed E-state index contributed by atoms with van der Waals surface area (Å²) in [7, 11) is 0. The molecule has 28 heavy (non-hydrogen) atoms. The first-order valence-corrected chi connectivity index (χ1v) is 9.28. The van der Waals surface area contributed by atoms with Crippen molar-refractivity contribution in [2.75, 3.05) is 18.9 Å². The van der Waals surface area contributed by atoms with Gasteiger partial charge in [0.25, 0.3) is 5.91 Å². The van der Waals surface area contributed by atoms with E-state index in [9.17, 15) is 4.79 Å². The molecule has 144 valence electrons. The number of nitrogens with one attached hydrogen (secondary N) is 1. The summed E-state index contributed by atoms with van der Waals surface area (Å²) in [5, 5.41) is 2.82. The molecule has 1 amide bonds. The van der Waals surface area contributed by atoms with E-state index >= 15 is 0 Å². The van der Waals surface area contributed by atoms with E-state index in [-0.39, 0.29) is 11.9 Å². The van der Waals surface area contributed by atoms with Crippen molar-refractivity contribution in [2.45, 2.75) is 20.3 Å². The van der Waals surface area contributed by atoms with E-state index in [2.05, 4.69) is 27.4 Å². The van der Waals surface area contributed by atoms with E-state index in [1.807, 2.05) is 49.4 Å². The van der Waals surface area contributed by atoms with E-state index < -0.39 is 0 Å². The number of rotatable bonds is 7. The zero-order valence-corrected chi connectivity index (χ0v) is 16.1. The zero-order valence-electron chi connectivity index (χ0n) is 16.1. The Balaban J connectivity index is 1.93. The van der Waals surface area contributed by atoms with Crippen LogP contribution in [0.1, 0.15) is 28.5 Å². The van der Waals surface area contributed by atoms with Crippen LogP contribution in [-0.2, 0) is 6.42 Å². The number of amides is 1. The Hall–Kier alpha value is -3.41. The molecular formula is C22H24N4O2. The molecule has 6 nitrogen and oxygen atoms in total. The van der Waals surface area contributed by atoms with Crippen LogP contribution in [-0.4, -0.2) is 29.0 Å². The van der Waals surface area contributed by atoms with Crippen LogP contribution >= 0.6 is 0 Å². The molecule has 0 saturated heterocycles. The summed E-state index contributed by atoms with van der Waals surface area (Å²) in [6.45, 7) is 4.64. The molecule has 1 heterocycles. The highest BCUT2D eigenvalue weighted by Gasteiger charge is 2.21. The number of hydrogen-bond donors (Lipinski definition) is 2. The lowest BCUT2D eigenvalue weighted by Crippen LogP contribution is -2.25. The first-order chi connectivity index (χ1) is 13.6. The van der Waals surface area contributed by atoms with Crippen molar-refractivity contribution in [3.05, 3.63) is 71.4 Å². The summed E-state index contributed by atoms with van der Waals surface area (Å²) in [4.78, 5) is 21.1. The summed E-state index contributed by atoms with van der Waals surface area (Å²) < 4.78 is 6.04. The first kappa shape index (κ1) is 19.4. The molecule has 0 atom stereocenters. The molecule has 0 aliphatic heterocycles. The van der Waals surface area contributed by atoms with Crippen LogP contribution < -0.4 is 15.8 Å². The molecule has 0 fully saturated rings. The predicted molar refractivity (Wildman–Crippen MR) is 110 cm³/mol. The number of carbonyl (C=O) groups excluding carboxylic acids is 1. The number of nitrogen functional groups attached to an aromatic ring is 1. The minimum atomic E-state index is -0.228. The lowest BCUT2D eigenvalue weighted by molar-refractivity contribution is 0.0955. The van der Waals surface area contributed by atoms with Crippen molar-refractivity contribution in [3.8, 4) is 17.0 Å². The fraction of sp³-hybridized carbons (Fsp3) is 0.227. The van der Waals surface area contributed by atoms with Gasteiger partial charge in [0.05, 0.1) is 23.6 Å². The Bertz CT molecular complexity index is 958. The number of aryl methyl sites for hydroxylation is 1. The molecular weight excluding hydrogens is 352 g/mol. The predicted octanol–water partition coefficient (Wildman–Crippen LogP) is 3.41. The number of anilines is 1. The van der Waals surface area contributed by atoms with E-state index in [0.29, 0.717) is 41.4 Å². The molecule has 0 aliphatic rings. The minimum absolute atomic E-state index is 0.125. The van der Waals surface area contributed by atoms with Gasteiger partial charge in [-0.05, 0) is 31.5 Å². The summed E-state index contributed by atoms with van der Waals surface area (Å²) in [5.74, 6) is 0.551. The first-order valence-electron chi connectivity index (χ1n) is 9.28. The van der Waals surface area contributed by atoms with Crippen LogP contribution in [0.2, 0.25) is 0 Å². The van der Waals surface area contributed by atoms with E-state index in [4.69, 9.17) is 10.5 Å². The molecule has 0 radical (unpaired) electrons. The van der Waals surface area contributed by atoms with Gasteiger partial charge in [-0.1, -0.05) is 42.5 Å². The van der Waals surface area contributed by atoms with Crippen molar-refractivity contribution in [1.82, 2.24) is 15.3 Å². The van der Waals surface area contributed by atoms with Crippen LogP contribution in [0.4, 0.5) is 5.95 Å².